The number of hydrogen-bond donors (Lipinski definition) is 5. The third-order valence-electron chi connectivity index (χ3n) is 6.18. The summed E-state index contributed by atoms with van der Waals surface area (Å²) in [5, 5.41) is 20.8. The molecule has 2 unspecified atom stereocenters. The summed E-state index contributed by atoms with van der Waals surface area (Å²) >= 11 is 1.17. The van der Waals surface area contributed by atoms with Gasteiger partial charge in [0.05, 0.1) is 15.5 Å². The van der Waals surface area contributed by atoms with Gasteiger partial charge < -0.3 is 10.4 Å². The summed E-state index contributed by atoms with van der Waals surface area (Å²) in [5.74, 6) is 0.738. The number of aliphatic hydroxyl groups is 1. The van der Waals surface area contributed by atoms with E-state index in [2.05, 4.69) is 23.9 Å². The lowest BCUT2D eigenvalue weighted by Gasteiger charge is -2.22. The van der Waals surface area contributed by atoms with Crippen LogP contribution in [-0.4, -0.2) is 20.3 Å². The van der Waals surface area contributed by atoms with Gasteiger partial charge in [-0.15, -0.1) is 11.3 Å². The predicted octanol–water partition coefficient (Wildman–Crippen LogP) is 3.46. The molecule has 9 heteroatoms. The molecule has 2 atom stereocenters. The number of pyridine rings is 1. The minimum atomic E-state index is -3.62. The fourth-order valence-corrected chi connectivity index (χ4v) is 6.86. The van der Waals surface area contributed by atoms with Gasteiger partial charge in [-0.05, 0) is 79.5 Å². The molecule has 0 saturated heterocycles. The van der Waals surface area contributed by atoms with E-state index in [-0.39, 0.29) is 0 Å². The Morgan fingerprint density at radius 3 is 2.30 bits per heavy atom. The van der Waals surface area contributed by atoms with Crippen LogP contribution in [0, 0.1) is 0 Å². The van der Waals surface area contributed by atoms with Gasteiger partial charge >= 0.3 is 6.03 Å². The van der Waals surface area contributed by atoms with Crippen LogP contribution in [0.1, 0.15) is 80.5 Å². The van der Waals surface area contributed by atoms with Crippen LogP contribution in [0.4, 0.5) is 10.5 Å². The number of carbonyl (C=O) groups excluding carboxylic acids is 1. The zero-order valence-corrected chi connectivity index (χ0v) is 19.5. The summed E-state index contributed by atoms with van der Waals surface area (Å²) < 4.78 is 15.9. The molecule has 0 fully saturated rings. The number of amides is 2. The highest BCUT2D eigenvalue weighted by Crippen LogP contribution is 2.44. The summed E-state index contributed by atoms with van der Waals surface area (Å²) in [6, 6.07) is 1.02. The first-order valence-corrected chi connectivity index (χ1v) is 13.0. The molecule has 4 rings (SSSR count). The van der Waals surface area contributed by atoms with E-state index in [1.165, 1.54) is 11.3 Å². The first-order chi connectivity index (χ1) is 14.0. The topological polar surface area (TPSA) is 117 Å². The van der Waals surface area contributed by atoms with Gasteiger partial charge in [-0.25, -0.2) is 9.00 Å². The maximum absolute atomic E-state index is 13.1. The molecule has 0 radical (unpaired) electrons. The van der Waals surface area contributed by atoms with E-state index in [0.717, 1.165) is 53.9 Å². The molecule has 0 aliphatic heterocycles. The van der Waals surface area contributed by atoms with E-state index in [9.17, 15) is 14.1 Å². The monoisotopic (exact) mass is 450 g/mol. The van der Waals surface area contributed by atoms with E-state index in [1.54, 1.807) is 25.3 Å². The molecule has 2 aromatic heterocycles. The number of nitrogens with one attached hydrogen (secondary N) is 2. The second-order valence-corrected chi connectivity index (χ2v) is 12.3. The van der Waals surface area contributed by atoms with Crippen LogP contribution < -0.4 is 15.2 Å². The number of urea groups is 1. The molecule has 30 heavy (non-hydrogen) atoms. The number of rotatable bonds is 4. The summed E-state index contributed by atoms with van der Waals surface area (Å²) in [7, 11) is -3.62. The van der Waals surface area contributed by atoms with Crippen LogP contribution in [0.2, 0.25) is 0 Å². The van der Waals surface area contributed by atoms with Crippen LogP contribution in [0.5, 0.6) is 0 Å². The van der Waals surface area contributed by atoms with Crippen molar-refractivity contribution in [2.24, 2.45) is 5.14 Å². The van der Waals surface area contributed by atoms with Crippen molar-refractivity contribution in [2.75, 3.05) is 5.32 Å². The summed E-state index contributed by atoms with van der Waals surface area (Å²) in [5.41, 5.74) is 4.70. The zero-order valence-electron chi connectivity index (χ0n) is 17.8. The molecule has 0 bridgehead atoms. The van der Waals surface area contributed by atoms with Crippen LogP contribution >= 0.6 is 11.3 Å². The van der Waals surface area contributed by atoms with Crippen molar-refractivity contribution < 1.29 is 14.1 Å². The number of anilines is 1. The quantitative estimate of drug-likeness (QED) is 0.459. The first kappa shape index (κ1) is 21.4. The number of nitrogens with two attached hydrogens (primary N) is 1. The molecule has 0 aromatic carbocycles. The Hall–Kier alpha value is -1.81. The molecule has 2 amide bonds. The fraction of sp³-hybridized carbons (Fsp3) is 0.524. The van der Waals surface area contributed by atoms with E-state index in [0.29, 0.717) is 21.6 Å². The molecule has 2 aromatic rings. The third kappa shape index (κ3) is 3.79. The number of aromatic nitrogens is 1. The van der Waals surface area contributed by atoms with Gasteiger partial charge in [-0.2, -0.15) is 0 Å². The number of thiol groups is 1. The summed E-state index contributed by atoms with van der Waals surface area (Å²) in [6.45, 7) is 7.62. The number of fused-ring (bicyclic) bond motifs is 2. The van der Waals surface area contributed by atoms with Crippen molar-refractivity contribution in [1.82, 2.24) is 9.71 Å². The molecule has 5 N–H and O–H groups in total. The van der Waals surface area contributed by atoms with Crippen molar-refractivity contribution in [3.63, 3.8) is 0 Å². The van der Waals surface area contributed by atoms with Crippen molar-refractivity contribution in [2.45, 2.75) is 75.0 Å². The Balaban J connectivity index is 1.59. The van der Waals surface area contributed by atoms with E-state index < -0.39 is 21.9 Å². The van der Waals surface area contributed by atoms with Gasteiger partial charge in [0.2, 0.25) is 0 Å². The second kappa shape index (κ2) is 7.40. The maximum Gasteiger partial charge on any atom is 0.330 e. The van der Waals surface area contributed by atoms with Crippen LogP contribution in [0.15, 0.2) is 15.7 Å². The smallest absolute Gasteiger partial charge is 0.330 e. The largest absolute Gasteiger partial charge is 0.386 e. The highest BCUT2D eigenvalue weighted by atomic mass is 32.3. The highest BCUT2D eigenvalue weighted by molar-refractivity contribution is 8.01. The van der Waals surface area contributed by atoms with E-state index in [1.807, 2.05) is 0 Å². The molecule has 0 spiro atoms. The fourth-order valence-electron chi connectivity index (χ4n) is 4.34. The Bertz CT molecular complexity index is 1020. The van der Waals surface area contributed by atoms with Gasteiger partial charge in [-0.3, -0.25) is 14.8 Å². The molecule has 2 aliphatic rings. The van der Waals surface area contributed by atoms with E-state index >= 15 is 0 Å². The lowest BCUT2D eigenvalue weighted by molar-refractivity contribution is 0.0789. The standard InChI is InChI=1S/C21H30N4O3S2/c1-11-5-7-14-17(11)23-18-12(2)6-8-15(18)19(14)24-20(26)25-30(22,28)16-9-13(10-29-16)21(3,4)27/h9-12,27,30H,5-8H2,1-4H3,(H4,22,23,24,25,26,28). The lowest BCUT2D eigenvalue weighted by atomic mass is 10.0. The Morgan fingerprint density at radius 2 is 1.80 bits per heavy atom. The number of nitrogens with zero attached hydrogens (tertiary/aromatic N) is 1. The van der Waals surface area contributed by atoms with Gasteiger partial charge in [0, 0.05) is 21.7 Å². The number of hydrogen-bond acceptors (Lipinski definition) is 5. The van der Waals surface area contributed by atoms with E-state index in [4.69, 9.17) is 10.1 Å². The Morgan fingerprint density at radius 1 is 1.23 bits per heavy atom. The summed E-state index contributed by atoms with van der Waals surface area (Å²) in [4.78, 5) is 17.8. The van der Waals surface area contributed by atoms with Gasteiger partial charge in [0.15, 0.2) is 0 Å². The Labute approximate surface area is 182 Å². The predicted molar refractivity (Wildman–Crippen MR) is 121 cm³/mol. The van der Waals surface area contributed by atoms with Gasteiger partial charge in [0.1, 0.15) is 0 Å². The van der Waals surface area contributed by atoms with Crippen LogP contribution in [-0.2, 0) is 28.7 Å². The minimum Gasteiger partial charge on any atom is -0.386 e. The maximum atomic E-state index is 13.1. The SMILES string of the molecule is CC1CCc2c1nc1c(c2NC(=O)N[SH](N)(=O)c2cc(C(C)(C)O)cs2)CCC1C. The summed E-state index contributed by atoms with van der Waals surface area (Å²) in [6.07, 6.45) is 3.78. The average Bonchev–Trinajstić information content (AvgIpc) is 3.35. The molecule has 0 saturated carbocycles. The molecular weight excluding hydrogens is 420 g/mol. The minimum absolute atomic E-state index is 0.349. The van der Waals surface area contributed by atoms with Crippen LogP contribution in [0.3, 0.4) is 0 Å². The normalized spacial score (nSPS) is 21.3. The Kier molecular flexibility index (Phi) is 5.29. The molecular formula is C21H30N4O3S2. The first-order valence-electron chi connectivity index (χ1n) is 10.3. The van der Waals surface area contributed by atoms with Crippen LogP contribution in [0.25, 0.3) is 0 Å². The molecule has 164 valence electrons. The van der Waals surface area contributed by atoms with Gasteiger partial charge in [0.25, 0.3) is 0 Å². The highest BCUT2D eigenvalue weighted by Gasteiger charge is 2.33. The number of carbonyl (C=O) groups is 1. The van der Waals surface area contributed by atoms with Crippen molar-refractivity contribution in [3.8, 4) is 0 Å². The molecule has 7 nitrogen and oxygen atoms in total. The third-order valence-corrected chi connectivity index (χ3v) is 9.36. The molecule has 2 aliphatic carbocycles. The van der Waals surface area contributed by atoms with Crippen molar-refractivity contribution >= 4 is 33.4 Å². The van der Waals surface area contributed by atoms with Crippen molar-refractivity contribution in [3.05, 3.63) is 39.5 Å². The number of thiophene rings is 1. The van der Waals surface area contributed by atoms with Gasteiger partial charge in [-0.1, -0.05) is 13.8 Å². The van der Waals surface area contributed by atoms with Crippen molar-refractivity contribution in [1.29, 1.82) is 0 Å². The lowest BCUT2D eigenvalue weighted by Crippen LogP contribution is -2.44. The second-order valence-electron chi connectivity index (χ2n) is 9.05. The zero-order chi connectivity index (χ0) is 21.8. The molecule has 2 heterocycles. The average molecular weight is 451 g/mol.